The number of carbonyl (C=O) groups is 3. The Labute approximate surface area is 150 Å². The van der Waals surface area contributed by atoms with Gasteiger partial charge in [-0.05, 0) is 23.6 Å². The summed E-state index contributed by atoms with van der Waals surface area (Å²) in [7, 11) is 0. The van der Waals surface area contributed by atoms with Crippen molar-refractivity contribution in [1.82, 2.24) is 10.2 Å². The summed E-state index contributed by atoms with van der Waals surface area (Å²) in [5.41, 5.74) is 0.394. The minimum Gasteiger partial charge on any atom is -0.481 e. The van der Waals surface area contributed by atoms with Gasteiger partial charge in [0.15, 0.2) is 6.10 Å². The molecule has 2 unspecified atom stereocenters. The van der Waals surface area contributed by atoms with Crippen LogP contribution < -0.4 is 5.32 Å². The lowest BCUT2D eigenvalue weighted by Crippen LogP contribution is -2.48. The second kappa shape index (κ2) is 9.71. The normalized spacial score (nSPS) is 13.1. The van der Waals surface area contributed by atoms with E-state index in [-0.39, 0.29) is 12.5 Å². The largest absolute Gasteiger partial charge is 0.481 e. The summed E-state index contributed by atoms with van der Waals surface area (Å²) >= 11 is 0. The number of hydrogen-bond donors (Lipinski definition) is 4. The van der Waals surface area contributed by atoms with Crippen LogP contribution in [0, 0.1) is 11.7 Å². The number of halogens is 1. The highest BCUT2D eigenvalue weighted by Crippen LogP contribution is 2.18. The van der Waals surface area contributed by atoms with Crippen molar-refractivity contribution in [3.8, 4) is 0 Å². The van der Waals surface area contributed by atoms with Gasteiger partial charge in [0.1, 0.15) is 5.82 Å². The van der Waals surface area contributed by atoms with Crippen molar-refractivity contribution in [1.29, 1.82) is 0 Å². The van der Waals surface area contributed by atoms with Crippen molar-refractivity contribution in [2.45, 2.75) is 32.4 Å². The molecule has 0 bridgehead atoms. The third kappa shape index (κ3) is 7.06. The van der Waals surface area contributed by atoms with Gasteiger partial charge in [-0.2, -0.15) is 0 Å². The summed E-state index contributed by atoms with van der Waals surface area (Å²) in [6.45, 7) is 3.34. The molecule has 0 heterocycles. The molecule has 0 fully saturated rings. The maximum absolute atomic E-state index is 13.1. The third-order valence-corrected chi connectivity index (χ3v) is 3.50. The van der Waals surface area contributed by atoms with Crippen LogP contribution in [0.3, 0.4) is 0 Å². The second-order valence-corrected chi connectivity index (χ2v) is 6.30. The van der Waals surface area contributed by atoms with Crippen LogP contribution in [-0.4, -0.2) is 57.4 Å². The first-order chi connectivity index (χ1) is 12.1. The van der Waals surface area contributed by atoms with Crippen molar-refractivity contribution in [2.75, 3.05) is 13.1 Å². The van der Waals surface area contributed by atoms with E-state index >= 15 is 0 Å². The van der Waals surface area contributed by atoms with E-state index in [9.17, 15) is 23.9 Å². The van der Waals surface area contributed by atoms with Crippen LogP contribution in [0.1, 0.15) is 31.9 Å². The molecule has 0 radical (unpaired) electrons. The smallest absolute Gasteiger partial charge is 0.334 e. The number of benzene rings is 1. The van der Waals surface area contributed by atoms with Crippen molar-refractivity contribution in [3.05, 3.63) is 35.6 Å². The Morgan fingerprint density at radius 2 is 1.69 bits per heavy atom. The fraction of sp³-hybridized carbons (Fsp3) is 0.471. The Morgan fingerprint density at radius 3 is 2.15 bits per heavy atom. The second-order valence-electron chi connectivity index (χ2n) is 6.30. The van der Waals surface area contributed by atoms with Gasteiger partial charge in [-0.3, -0.25) is 4.79 Å². The summed E-state index contributed by atoms with van der Waals surface area (Å²) in [6, 6.07) is 3.38. The van der Waals surface area contributed by atoms with Gasteiger partial charge in [-0.1, -0.05) is 26.0 Å². The molecule has 9 heteroatoms. The summed E-state index contributed by atoms with van der Waals surface area (Å²) in [6.07, 6.45) is -2.20. The van der Waals surface area contributed by atoms with Gasteiger partial charge in [-0.25, -0.2) is 14.0 Å². The molecule has 2 amide bonds. The molecule has 0 aliphatic heterocycles. The van der Waals surface area contributed by atoms with Gasteiger partial charge in [0, 0.05) is 6.54 Å². The van der Waals surface area contributed by atoms with Crippen LogP contribution >= 0.6 is 0 Å². The number of carboxylic acids is 2. The molecule has 1 aromatic rings. The molecular formula is C17H23FN2O6. The van der Waals surface area contributed by atoms with Crippen molar-refractivity contribution >= 4 is 18.0 Å². The number of aliphatic hydroxyl groups is 1. The van der Waals surface area contributed by atoms with Crippen molar-refractivity contribution in [2.24, 2.45) is 5.92 Å². The average molecular weight is 370 g/mol. The lowest BCUT2D eigenvalue weighted by molar-refractivity contribution is -0.147. The zero-order valence-electron chi connectivity index (χ0n) is 14.6. The van der Waals surface area contributed by atoms with Crippen molar-refractivity contribution < 1.29 is 34.1 Å². The predicted molar refractivity (Wildman–Crippen MR) is 90.0 cm³/mol. The molecule has 1 aromatic carbocycles. The molecule has 0 aliphatic carbocycles. The monoisotopic (exact) mass is 370 g/mol. The van der Waals surface area contributed by atoms with E-state index in [1.807, 2.05) is 13.8 Å². The fourth-order valence-electron chi connectivity index (χ4n) is 2.33. The maximum Gasteiger partial charge on any atom is 0.334 e. The van der Waals surface area contributed by atoms with Gasteiger partial charge in [-0.15, -0.1) is 0 Å². The lowest BCUT2D eigenvalue weighted by Gasteiger charge is -2.28. The lowest BCUT2D eigenvalue weighted by atomic mass is 10.0. The van der Waals surface area contributed by atoms with Gasteiger partial charge in [0.25, 0.3) is 0 Å². The van der Waals surface area contributed by atoms with Gasteiger partial charge in [0.2, 0.25) is 0 Å². The van der Waals surface area contributed by atoms with Crippen LogP contribution in [-0.2, 0) is 9.59 Å². The van der Waals surface area contributed by atoms with Crippen LogP contribution in [0.25, 0.3) is 0 Å². The third-order valence-electron chi connectivity index (χ3n) is 3.50. The van der Waals surface area contributed by atoms with Crippen LogP contribution in [0.2, 0.25) is 0 Å². The molecule has 8 nitrogen and oxygen atoms in total. The molecular weight excluding hydrogens is 347 g/mol. The highest BCUT2D eigenvalue weighted by molar-refractivity contribution is 5.78. The molecule has 2 atom stereocenters. The number of aliphatic carboxylic acids is 2. The molecule has 0 aliphatic rings. The van der Waals surface area contributed by atoms with E-state index in [4.69, 9.17) is 10.2 Å². The number of aliphatic hydroxyl groups excluding tert-OH is 1. The topological polar surface area (TPSA) is 127 Å². The Bertz CT molecular complexity index is 635. The molecule has 0 spiro atoms. The molecule has 1 rings (SSSR count). The summed E-state index contributed by atoms with van der Waals surface area (Å²) in [5.74, 6) is -3.14. The molecule has 0 aromatic heterocycles. The summed E-state index contributed by atoms with van der Waals surface area (Å²) in [4.78, 5) is 35.6. The average Bonchev–Trinajstić information content (AvgIpc) is 2.53. The number of nitrogens with one attached hydrogen (secondary N) is 1. The van der Waals surface area contributed by atoms with E-state index in [1.54, 1.807) is 0 Å². The number of carboxylic acid groups (broad SMARTS) is 2. The number of nitrogens with zero attached hydrogens (tertiary/aromatic N) is 1. The van der Waals surface area contributed by atoms with E-state index < -0.39 is 48.9 Å². The van der Waals surface area contributed by atoms with Crippen molar-refractivity contribution in [3.63, 3.8) is 0 Å². The predicted octanol–water partition coefficient (Wildman–Crippen LogP) is 1.45. The van der Waals surface area contributed by atoms with E-state index in [2.05, 4.69) is 5.32 Å². The molecule has 144 valence electrons. The minimum absolute atomic E-state index is 0.00881. The van der Waals surface area contributed by atoms with E-state index in [1.165, 1.54) is 12.1 Å². The first-order valence-electron chi connectivity index (χ1n) is 8.03. The Hall–Kier alpha value is -2.68. The Kier molecular flexibility index (Phi) is 7.98. The molecule has 26 heavy (non-hydrogen) atoms. The minimum atomic E-state index is -1.76. The number of urea groups is 1. The van der Waals surface area contributed by atoms with Gasteiger partial charge in [0.05, 0.1) is 19.0 Å². The Balaban J connectivity index is 2.96. The highest BCUT2D eigenvalue weighted by atomic mass is 19.1. The summed E-state index contributed by atoms with van der Waals surface area (Å²) in [5, 5.41) is 29.9. The first-order valence-corrected chi connectivity index (χ1v) is 8.03. The van der Waals surface area contributed by atoms with Crippen LogP contribution in [0.15, 0.2) is 24.3 Å². The van der Waals surface area contributed by atoms with Crippen LogP contribution in [0.4, 0.5) is 9.18 Å². The number of amides is 2. The number of carbonyl (C=O) groups excluding carboxylic acids is 1. The maximum atomic E-state index is 13.1. The number of rotatable bonds is 9. The molecule has 0 saturated carbocycles. The van der Waals surface area contributed by atoms with E-state index in [0.29, 0.717) is 5.56 Å². The van der Waals surface area contributed by atoms with E-state index in [0.717, 1.165) is 17.0 Å². The molecule has 0 saturated heterocycles. The van der Waals surface area contributed by atoms with Gasteiger partial charge >= 0.3 is 18.0 Å². The quantitative estimate of drug-likeness (QED) is 0.521. The Morgan fingerprint density at radius 1 is 1.12 bits per heavy atom. The zero-order chi connectivity index (χ0) is 19.9. The first kappa shape index (κ1) is 21.4. The van der Waals surface area contributed by atoms with Crippen LogP contribution in [0.5, 0.6) is 0 Å². The SMILES string of the molecule is CC(C)CN(CC(O)C(=O)O)C(=O)NC(CC(=O)O)c1ccc(F)cc1. The van der Waals surface area contributed by atoms with Gasteiger partial charge < -0.3 is 25.5 Å². The molecule has 4 N–H and O–H groups in total. The number of hydrogen-bond acceptors (Lipinski definition) is 4. The fourth-order valence-corrected chi connectivity index (χ4v) is 2.33. The standard InChI is InChI=1S/C17H23FN2O6/c1-10(2)8-20(9-14(21)16(24)25)17(26)19-13(7-15(22)23)11-3-5-12(18)6-4-11/h3-6,10,13-14,21H,7-9H2,1-2H3,(H,19,26)(H,22,23)(H,24,25). The zero-order valence-corrected chi connectivity index (χ0v) is 14.6. The highest BCUT2D eigenvalue weighted by Gasteiger charge is 2.26. The summed E-state index contributed by atoms with van der Waals surface area (Å²) < 4.78 is 13.1.